The lowest BCUT2D eigenvalue weighted by molar-refractivity contribution is -0.119. The zero-order valence-corrected chi connectivity index (χ0v) is 12.7. The van der Waals surface area contributed by atoms with Gasteiger partial charge in [-0.3, -0.25) is 4.79 Å². The molecule has 0 saturated carbocycles. The number of halogens is 1. The van der Waals surface area contributed by atoms with Crippen LogP contribution in [-0.4, -0.2) is 45.3 Å². The standard InChI is InChI=1S/C15H20ClN3O2/c16-13-9-12(18-15(20)11-3-4-17-10-11)1-2-14(13)19-5-7-21-8-6-19/h1-2,9,11,17H,3-8,10H2,(H,18,20). The van der Waals surface area contributed by atoms with Gasteiger partial charge in [-0.1, -0.05) is 11.6 Å². The van der Waals surface area contributed by atoms with Crippen LogP contribution in [0.1, 0.15) is 6.42 Å². The third-order valence-electron chi connectivity index (χ3n) is 4.00. The second kappa shape index (κ2) is 6.64. The summed E-state index contributed by atoms with van der Waals surface area (Å²) in [6, 6.07) is 5.71. The SMILES string of the molecule is O=C(Nc1ccc(N2CCOCC2)c(Cl)c1)C1CCNC1. The third kappa shape index (κ3) is 3.48. The maximum absolute atomic E-state index is 12.1. The van der Waals surface area contributed by atoms with E-state index in [0.717, 1.165) is 57.2 Å². The second-order valence-electron chi connectivity index (χ2n) is 5.44. The summed E-state index contributed by atoms with van der Waals surface area (Å²) >= 11 is 6.36. The summed E-state index contributed by atoms with van der Waals surface area (Å²) in [6.45, 7) is 4.81. The van der Waals surface area contributed by atoms with Crippen molar-refractivity contribution in [2.75, 3.05) is 49.6 Å². The van der Waals surface area contributed by atoms with Gasteiger partial charge in [0.15, 0.2) is 0 Å². The summed E-state index contributed by atoms with van der Waals surface area (Å²) in [5.41, 5.74) is 1.76. The number of nitrogens with one attached hydrogen (secondary N) is 2. The fourth-order valence-electron chi connectivity index (χ4n) is 2.77. The fraction of sp³-hybridized carbons (Fsp3) is 0.533. The van der Waals surface area contributed by atoms with E-state index in [-0.39, 0.29) is 11.8 Å². The van der Waals surface area contributed by atoms with Gasteiger partial charge < -0.3 is 20.3 Å². The molecular formula is C15H20ClN3O2. The molecule has 3 rings (SSSR count). The molecule has 21 heavy (non-hydrogen) atoms. The number of morpholine rings is 1. The normalized spacial score (nSPS) is 22.3. The van der Waals surface area contributed by atoms with Crippen molar-refractivity contribution in [3.63, 3.8) is 0 Å². The van der Waals surface area contributed by atoms with Crippen LogP contribution in [-0.2, 0) is 9.53 Å². The van der Waals surface area contributed by atoms with Crippen LogP contribution >= 0.6 is 11.6 Å². The Morgan fingerprint density at radius 1 is 1.38 bits per heavy atom. The molecule has 6 heteroatoms. The van der Waals surface area contributed by atoms with Crippen molar-refractivity contribution in [3.8, 4) is 0 Å². The third-order valence-corrected chi connectivity index (χ3v) is 4.30. The zero-order chi connectivity index (χ0) is 14.7. The Balaban J connectivity index is 1.67. The van der Waals surface area contributed by atoms with E-state index in [1.165, 1.54) is 0 Å². The Morgan fingerprint density at radius 2 is 2.19 bits per heavy atom. The zero-order valence-electron chi connectivity index (χ0n) is 11.9. The molecule has 0 spiro atoms. The van der Waals surface area contributed by atoms with E-state index in [9.17, 15) is 4.79 Å². The van der Waals surface area contributed by atoms with Crippen LogP contribution in [0, 0.1) is 5.92 Å². The average molecular weight is 310 g/mol. The Labute approximate surface area is 129 Å². The summed E-state index contributed by atoms with van der Waals surface area (Å²) < 4.78 is 5.35. The minimum atomic E-state index is 0.0581. The largest absolute Gasteiger partial charge is 0.378 e. The number of hydrogen-bond acceptors (Lipinski definition) is 4. The first kappa shape index (κ1) is 14.6. The number of carbonyl (C=O) groups excluding carboxylic acids is 1. The minimum absolute atomic E-state index is 0.0581. The van der Waals surface area contributed by atoms with Gasteiger partial charge in [0.05, 0.1) is 29.8 Å². The van der Waals surface area contributed by atoms with E-state index in [0.29, 0.717) is 5.02 Å². The topological polar surface area (TPSA) is 53.6 Å². The summed E-state index contributed by atoms with van der Waals surface area (Å²) in [5.74, 6) is 0.123. The van der Waals surface area contributed by atoms with Crippen molar-refractivity contribution in [3.05, 3.63) is 23.2 Å². The average Bonchev–Trinajstić information content (AvgIpc) is 3.02. The molecule has 0 aromatic heterocycles. The van der Waals surface area contributed by atoms with E-state index in [2.05, 4.69) is 15.5 Å². The van der Waals surface area contributed by atoms with E-state index in [1.54, 1.807) is 0 Å². The highest BCUT2D eigenvalue weighted by Gasteiger charge is 2.22. The maximum atomic E-state index is 12.1. The van der Waals surface area contributed by atoms with Gasteiger partial charge in [-0.2, -0.15) is 0 Å². The lowest BCUT2D eigenvalue weighted by Gasteiger charge is -2.29. The van der Waals surface area contributed by atoms with Crippen LogP contribution in [0.4, 0.5) is 11.4 Å². The molecule has 5 nitrogen and oxygen atoms in total. The Bertz CT molecular complexity index is 512. The molecule has 1 aromatic carbocycles. The highest BCUT2D eigenvalue weighted by molar-refractivity contribution is 6.33. The van der Waals surface area contributed by atoms with Crippen molar-refractivity contribution in [1.29, 1.82) is 0 Å². The molecule has 2 aliphatic heterocycles. The molecule has 0 aliphatic carbocycles. The molecule has 2 saturated heterocycles. The van der Waals surface area contributed by atoms with Gasteiger partial charge in [-0.15, -0.1) is 0 Å². The van der Waals surface area contributed by atoms with Crippen molar-refractivity contribution >= 4 is 28.9 Å². The quantitative estimate of drug-likeness (QED) is 0.893. The Morgan fingerprint density at radius 3 is 2.86 bits per heavy atom. The molecular weight excluding hydrogens is 290 g/mol. The number of amides is 1. The van der Waals surface area contributed by atoms with Crippen molar-refractivity contribution in [2.24, 2.45) is 5.92 Å². The number of anilines is 2. The predicted molar refractivity (Wildman–Crippen MR) is 84.1 cm³/mol. The van der Waals surface area contributed by atoms with Gasteiger partial charge in [0, 0.05) is 25.3 Å². The van der Waals surface area contributed by atoms with Gasteiger partial charge in [0.2, 0.25) is 5.91 Å². The maximum Gasteiger partial charge on any atom is 0.228 e. The molecule has 2 N–H and O–H groups in total. The number of rotatable bonds is 3. The molecule has 2 fully saturated rings. The number of hydrogen-bond donors (Lipinski definition) is 2. The molecule has 2 heterocycles. The first-order chi connectivity index (χ1) is 10.2. The van der Waals surface area contributed by atoms with Crippen LogP contribution in [0.15, 0.2) is 18.2 Å². The summed E-state index contributed by atoms with van der Waals surface area (Å²) in [5, 5.41) is 6.81. The number of carbonyl (C=O) groups is 1. The highest BCUT2D eigenvalue weighted by atomic mass is 35.5. The number of benzene rings is 1. The summed E-state index contributed by atoms with van der Waals surface area (Å²) in [6.07, 6.45) is 0.894. The number of nitrogens with zero attached hydrogens (tertiary/aromatic N) is 1. The van der Waals surface area contributed by atoms with Crippen molar-refractivity contribution < 1.29 is 9.53 Å². The number of ether oxygens (including phenoxy) is 1. The summed E-state index contributed by atoms with van der Waals surface area (Å²) in [7, 11) is 0. The first-order valence-corrected chi connectivity index (χ1v) is 7.75. The lowest BCUT2D eigenvalue weighted by atomic mass is 10.1. The van der Waals surface area contributed by atoms with Crippen LogP contribution in [0.25, 0.3) is 0 Å². The fourth-order valence-corrected chi connectivity index (χ4v) is 3.07. The van der Waals surface area contributed by atoms with Gasteiger partial charge >= 0.3 is 0 Å². The predicted octanol–water partition coefficient (Wildman–Crippen LogP) is 1.72. The van der Waals surface area contributed by atoms with E-state index < -0.39 is 0 Å². The lowest BCUT2D eigenvalue weighted by Crippen LogP contribution is -2.36. The van der Waals surface area contributed by atoms with Crippen LogP contribution in [0.3, 0.4) is 0 Å². The Hall–Kier alpha value is -1.30. The molecule has 1 aromatic rings. The summed E-state index contributed by atoms with van der Waals surface area (Å²) in [4.78, 5) is 14.3. The molecule has 114 valence electrons. The van der Waals surface area contributed by atoms with E-state index in [1.807, 2.05) is 18.2 Å². The van der Waals surface area contributed by atoms with Gasteiger partial charge in [-0.25, -0.2) is 0 Å². The smallest absolute Gasteiger partial charge is 0.228 e. The van der Waals surface area contributed by atoms with Crippen molar-refractivity contribution in [2.45, 2.75) is 6.42 Å². The second-order valence-corrected chi connectivity index (χ2v) is 5.85. The molecule has 1 unspecified atom stereocenters. The molecule has 1 amide bonds. The van der Waals surface area contributed by atoms with Crippen LogP contribution in [0.2, 0.25) is 5.02 Å². The molecule has 0 radical (unpaired) electrons. The molecule has 1 atom stereocenters. The minimum Gasteiger partial charge on any atom is -0.378 e. The highest BCUT2D eigenvalue weighted by Crippen LogP contribution is 2.29. The van der Waals surface area contributed by atoms with Crippen LogP contribution in [0.5, 0.6) is 0 Å². The van der Waals surface area contributed by atoms with E-state index in [4.69, 9.17) is 16.3 Å². The van der Waals surface area contributed by atoms with Gasteiger partial charge in [0.25, 0.3) is 0 Å². The molecule has 2 aliphatic rings. The van der Waals surface area contributed by atoms with Gasteiger partial charge in [0.1, 0.15) is 0 Å². The van der Waals surface area contributed by atoms with Crippen LogP contribution < -0.4 is 15.5 Å². The van der Waals surface area contributed by atoms with Crippen molar-refractivity contribution in [1.82, 2.24) is 5.32 Å². The monoisotopic (exact) mass is 309 g/mol. The Kier molecular flexibility index (Phi) is 4.63. The first-order valence-electron chi connectivity index (χ1n) is 7.38. The van der Waals surface area contributed by atoms with Gasteiger partial charge in [-0.05, 0) is 31.2 Å². The van der Waals surface area contributed by atoms with E-state index >= 15 is 0 Å². The molecule has 0 bridgehead atoms.